The zero-order valence-corrected chi connectivity index (χ0v) is 16.3. The number of carbonyl (C=O) groups excluding carboxylic acids is 1. The lowest BCUT2D eigenvalue weighted by molar-refractivity contribution is -0.385. The van der Waals surface area contributed by atoms with Crippen molar-refractivity contribution in [2.45, 2.75) is 25.9 Å². The Balaban J connectivity index is 2.03. The number of nitrogens with one attached hydrogen (secondary N) is 1. The van der Waals surface area contributed by atoms with Crippen LogP contribution in [0, 0.1) is 24.0 Å². The molecule has 1 heterocycles. The third kappa shape index (κ3) is 5.91. The summed E-state index contributed by atoms with van der Waals surface area (Å²) >= 11 is 1.15. The minimum atomic E-state index is -0.613. The van der Waals surface area contributed by atoms with Gasteiger partial charge in [-0.15, -0.1) is 0 Å². The van der Waals surface area contributed by atoms with Crippen LogP contribution in [0.25, 0.3) is 0 Å². The number of nitro benzene ring substituents is 1. The second-order valence-electron chi connectivity index (χ2n) is 5.59. The van der Waals surface area contributed by atoms with Gasteiger partial charge < -0.3 is 9.84 Å². The number of hydrogen-bond donors (Lipinski definition) is 2. The van der Waals surface area contributed by atoms with Crippen LogP contribution in [0.2, 0.25) is 0 Å². The zero-order chi connectivity index (χ0) is 20.7. The Hall–Kier alpha value is -3.21. The Labute approximate surface area is 165 Å². The largest absolute Gasteiger partial charge is 0.504 e. The SMILES string of the molecule is CCOc1cc([N+](=O)[O-])cc(/C=N\NC(=O)CSc2nc(C)cc(C)n2)c1O. The zero-order valence-electron chi connectivity index (χ0n) is 15.5. The van der Waals surface area contributed by atoms with Crippen molar-refractivity contribution in [2.75, 3.05) is 12.4 Å². The van der Waals surface area contributed by atoms with Crippen molar-refractivity contribution in [3.8, 4) is 11.5 Å². The molecule has 28 heavy (non-hydrogen) atoms. The molecule has 2 aromatic rings. The van der Waals surface area contributed by atoms with Crippen LogP contribution in [0.1, 0.15) is 23.9 Å². The highest BCUT2D eigenvalue weighted by Gasteiger charge is 2.16. The molecule has 0 spiro atoms. The number of aromatic hydroxyl groups is 1. The van der Waals surface area contributed by atoms with Crippen LogP contribution < -0.4 is 10.2 Å². The summed E-state index contributed by atoms with van der Waals surface area (Å²) < 4.78 is 5.18. The van der Waals surface area contributed by atoms with Gasteiger partial charge in [-0.3, -0.25) is 14.9 Å². The number of nitro groups is 1. The molecule has 0 saturated carbocycles. The first-order valence-corrected chi connectivity index (χ1v) is 9.20. The lowest BCUT2D eigenvalue weighted by Crippen LogP contribution is -2.19. The van der Waals surface area contributed by atoms with Crippen molar-refractivity contribution in [1.82, 2.24) is 15.4 Å². The van der Waals surface area contributed by atoms with Crippen molar-refractivity contribution < 1.29 is 19.6 Å². The first-order chi connectivity index (χ1) is 13.3. The topological polar surface area (TPSA) is 140 Å². The van der Waals surface area contributed by atoms with E-state index < -0.39 is 10.8 Å². The Morgan fingerprint density at radius 1 is 1.36 bits per heavy atom. The number of hydrazone groups is 1. The number of carbonyl (C=O) groups is 1. The molecule has 1 aromatic carbocycles. The third-order valence-electron chi connectivity index (χ3n) is 3.29. The van der Waals surface area contributed by atoms with Crippen molar-refractivity contribution in [3.05, 3.63) is 45.3 Å². The number of ether oxygens (including phenoxy) is 1. The number of hydrogen-bond acceptors (Lipinski definition) is 9. The first kappa shape index (κ1) is 21.1. The van der Waals surface area contributed by atoms with Gasteiger partial charge in [0.2, 0.25) is 0 Å². The molecule has 11 heteroatoms. The monoisotopic (exact) mass is 405 g/mol. The highest BCUT2D eigenvalue weighted by Crippen LogP contribution is 2.33. The highest BCUT2D eigenvalue weighted by molar-refractivity contribution is 7.99. The van der Waals surface area contributed by atoms with Gasteiger partial charge in [-0.2, -0.15) is 5.10 Å². The van der Waals surface area contributed by atoms with E-state index in [9.17, 15) is 20.0 Å². The van der Waals surface area contributed by atoms with E-state index in [4.69, 9.17) is 4.74 Å². The summed E-state index contributed by atoms with van der Waals surface area (Å²) in [6.45, 7) is 5.58. The van der Waals surface area contributed by atoms with Crippen LogP contribution in [0.15, 0.2) is 28.5 Å². The van der Waals surface area contributed by atoms with Crippen molar-refractivity contribution >= 4 is 29.6 Å². The van der Waals surface area contributed by atoms with Crippen LogP contribution in [0.3, 0.4) is 0 Å². The Bertz CT molecular complexity index is 899. The van der Waals surface area contributed by atoms with Gasteiger partial charge in [-0.25, -0.2) is 15.4 Å². The number of aromatic nitrogens is 2. The molecule has 0 aliphatic heterocycles. The second kappa shape index (κ2) is 9.65. The molecule has 2 N–H and O–H groups in total. The molecule has 0 radical (unpaired) electrons. The van der Waals surface area contributed by atoms with E-state index in [1.165, 1.54) is 0 Å². The van der Waals surface area contributed by atoms with E-state index in [1.54, 1.807) is 6.92 Å². The summed E-state index contributed by atoms with van der Waals surface area (Å²) in [6.07, 6.45) is 1.11. The van der Waals surface area contributed by atoms with Crippen LogP contribution in [0.4, 0.5) is 5.69 Å². The number of rotatable bonds is 8. The Morgan fingerprint density at radius 3 is 2.64 bits per heavy atom. The summed E-state index contributed by atoms with van der Waals surface area (Å²) in [4.78, 5) is 30.7. The maximum Gasteiger partial charge on any atom is 0.274 e. The molecule has 0 fully saturated rings. The molecule has 0 saturated heterocycles. The summed E-state index contributed by atoms with van der Waals surface area (Å²) in [6, 6.07) is 4.08. The molecular formula is C17H19N5O5S. The molecule has 0 unspecified atom stereocenters. The molecule has 1 aromatic heterocycles. The first-order valence-electron chi connectivity index (χ1n) is 8.21. The van der Waals surface area contributed by atoms with Gasteiger partial charge in [-0.05, 0) is 26.8 Å². The second-order valence-corrected chi connectivity index (χ2v) is 6.53. The van der Waals surface area contributed by atoms with Gasteiger partial charge in [0.15, 0.2) is 16.7 Å². The van der Waals surface area contributed by atoms with E-state index >= 15 is 0 Å². The van der Waals surface area contributed by atoms with E-state index in [-0.39, 0.29) is 35.1 Å². The van der Waals surface area contributed by atoms with E-state index in [2.05, 4.69) is 20.5 Å². The van der Waals surface area contributed by atoms with Gasteiger partial charge in [-0.1, -0.05) is 11.8 Å². The Morgan fingerprint density at radius 2 is 2.04 bits per heavy atom. The summed E-state index contributed by atoms with van der Waals surface area (Å²) in [5.41, 5.74) is 3.68. The maximum atomic E-state index is 11.9. The van der Waals surface area contributed by atoms with Crippen LogP contribution in [-0.2, 0) is 4.79 Å². The molecule has 0 aliphatic carbocycles. The van der Waals surface area contributed by atoms with Gasteiger partial charge >= 0.3 is 0 Å². The minimum Gasteiger partial charge on any atom is -0.504 e. The summed E-state index contributed by atoms with van der Waals surface area (Å²) in [5.74, 6) is -0.722. The standard InChI is InChI=1S/C17H19N5O5S/c1-4-27-14-7-13(22(25)26)6-12(16(14)24)8-18-21-15(23)9-28-17-19-10(2)5-11(3)20-17/h5-8,24H,4,9H2,1-3H3,(H,21,23)/b18-8-. The van der Waals surface area contributed by atoms with Gasteiger partial charge in [0.05, 0.1) is 29.6 Å². The molecular weight excluding hydrogens is 386 g/mol. The molecule has 148 valence electrons. The van der Waals surface area contributed by atoms with Crippen molar-refractivity contribution in [2.24, 2.45) is 5.10 Å². The van der Waals surface area contributed by atoms with Crippen molar-refractivity contribution in [1.29, 1.82) is 0 Å². The molecule has 0 atom stereocenters. The highest BCUT2D eigenvalue weighted by atomic mass is 32.2. The number of phenols is 1. The normalized spacial score (nSPS) is 10.8. The van der Waals surface area contributed by atoms with E-state index in [0.717, 1.165) is 41.5 Å². The third-order valence-corrected chi connectivity index (χ3v) is 4.13. The predicted molar refractivity (Wildman–Crippen MR) is 104 cm³/mol. The number of aryl methyl sites for hydroxylation is 2. The fraction of sp³-hybridized carbons (Fsp3) is 0.294. The average molecular weight is 405 g/mol. The van der Waals surface area contributed by atoms with Gasteiger partial charge in [0.25, 0.3) is 11.6 Å². The summed E-state index contributed by atoms with van der Waals surface area (Å²) in [5, 5.41) is 25.3. The number of amides is 1. The van der Waals surface area contributed by atoms with Crippen LogP contribution >= 0.6 is 11.8 Å². The molecule has 1 amide bonds. The van der Waals surface area contributed by atoms with Crippen LogP contribution in [-0.4, -0.2) is 44.5 Å². The molecule has 0 bridgehead atoms. The van der Waals surface area contributed by atoms with Crippen molar-refractivity contribution in [3.63, 3.8) is 0 Å². The summed E-state index contributed by atoms with van der Waals surface area (Å²) in [7, 11) is 0. The maximum absolute atomic E-state index is 11.9. The molecule has 2 rings (SSSR count). The smallest absolute Gasteiger partial charge is 0.274 e. The fourth-order valence-corrected chi connectivity index (χ4v) is 2.92. The number of nitrogens with zero attached hydrogens (tertiary/aromatic N) is 4. The number of phenolic OH excluding ortho intramolecular Hbond substituents is 1. The quantitative estimate of drug-likeness (QED) is 0.224. The number of thioether (sulfide) groups is 1. The molecule has 10 nitrogen and oxygen atoms in total. The van der Waals surface area contributed by atoms with Crippen LogP contribution in [0.5, 0.6) is 11.5 Å². The Kier molecular flexibility index (Phi) is 7.27. The van der Waals surface area contributed by atoms with Gasteiger partial charge in [0, 0.05) is 23.0 Å². The minimum absolute atomic E-state index is 0.0331. The lowest BCUT2D eigenvalue weighted by Gasteiger charge is -2.08. The van der Waals surface area contributed by atoms with E-state index in [0.29, 0.717) is 5.16 Å². The van der Waals surface area contributed by atoms with Gasteiger partial charge in [0.1, 0.15) is 0 Å². The molecule has 0 aliphatic rings. The number of benzene rings is 1. The lowest BCUT2D eigenvalue weighted by atomic mass is 10.1. The predicted octanol–water partition coefficient (Wildman–Crippen LogP) is 2.35. The fourth-order valence-electron chi connectivity index (χ4n) is 2.18. The number of non-ortho nitro benzene ring substituents is 1. The van der Waals surface area contributed by atoms with E-state index in [1.807, 2.05) is 19.9 Å². The average Bonchev–Trinajstić information content (AvgIpc) is 2.62.